The van der Waals surface area contributed by atoms with E-state index in [0.29, 0.717) is 70.6 Å². The summed E-state index contributed by atoms with van der Waals surface area (Å²) in [4.78, 5) is 30.0. The lowest BCUT2D eigenvalue weighted by molar-refractivity contribution is 0.0122. The van der Waals surface area contributed by atoms with Crippen molar-refractivity contribution in [1.29, 1.82) is 0 Å². The highest BCUT2D eigenvalue weighted by Gasteiger charge is 2.50. The van der Waals surface area contributed by atoms with E-state index in [4.69, 9.17) is 40.4 Å². The van der Waals surface area contributed by atoms with Gasteiger partial charge in [-0.15, -0.1) is 6.42 Å². The van der Waals surface area contributed by atoms with Crippen LogP contribution in [0, 0.1) is 18.2 Å². The minimum Gasteiger partial charge on any atom is -0.468 e. The van der Waals surface area contributed by atoms with Crippen LogP contribution in [0.4, 0.5) is 19.4 Å². The van der Waals surface area contributed by atoms with Crippen LogP contribution in [0.15, 0.2) is 36.5 Å². The zero-order valence-electron chi connectivity index (χ0n) is 33.0. The van der Waals surface area contributed by atoms with Crippen LogP contribution in [-0.4, -0.2) is 112 Å². The summed E-state index contributed by atoms with van der Waals surface area (Å²) in [6.07, 6.45) is 10.6. The molecule has 4 aliphatic heterocycles. The van der Waals surface area contributed by atoms with Gasteiger partial charge in [0.25, 0.3) is 0 Å². The largest absolute Gasteiger partial charge is 0.468 e. The highest BCUT2D eigenvalue weighted by Crippen LogP contribution is 2.45. The van der Waals surface area contributed by atoms with Crippen LogP contribution in [0.2, 0.25) is 0 Å². The minimum absolute atomic E-state index is 0.00733. The van der Waals surface area contributed by atoms with Crippen molar-refractivity contribution in [2.45, 2.75) is 82.3 Å². The average molecular weight is 780 g/mol. The van der Waals surface area contributed by atoms with Crippen LogP contribution in [-0.2, 0) is 16.5 Å². The fraction of sp³-hybridized carbons (Fsp3) is 0.488. The first-order valence-corrected chi connectivity index (χ1v) is 19.7. The maximum absolute atomic E-state index is 15.4. The fourth-order valence-corrected chi connectivity index (χ4v) is 9.70. The van der Waals surface area contributed by atoms with E-state index < -0.39 is 23.1 Å². The van der Waals surface area contributed by atoms with Gasteiger partial charge in [0.2, 0.25) is 0 Å². The number of piperazine rings is 1. The van der Waals surface area contributed by atoms with Gasteiger partial charge in [-0.05, 0) is 88.2 Å². The number of anilines is 1. The molecule has 5 aromatic rings. The number of carbonyl (C=O) groups is 1. The monoisotopic (exact) mass is 779 g/mol. The Labute approximate surface area is 330 Å². The number of nitrogens with zero attached hydrogens (tertiary/aromatic N) is 7. The van der Waals surface area contributed by atoms with Crippen LogP contribution >= 0.6 is 0 Å². The van der Waals surface area contributed by atoms with Gasteiger partial charge in [-0.25, -0.2) is 13.6 Å². The third-order valence-electron chi connectivity index (χ3n) is 12.0. The smallest absolute Gasteiger partial charge is 0.410 e. The number of carbonyl (C=O) groups excluding carboxylic acids is 1. The number of aromatic nitrogens is 4. The number of halogens is 2. The first kappa shape index (κ1) is 37.3. The molecule has 4 aliphatic rings. The third-order valence-corrected chi connectivity index (χ3v) is 12.0. The molecule has 0 unspecified atom stereocenters. The average Bonchev–Trinajstić information content (AvgIpc) is 3.90. The highest BCUT2D eigenvalue weighted by atomic mass is 19.1. The molecule has 2 bridgehead atoms. The number of rotatable bonds is 8. The maximum Gasteiger partial charge on any atom is 0.410 e. The van der Waals surface area contributed by atoms with Crippen molar-refractivity contribution in [3.8, 4) is 35.2 Å². The summed E-state index contributed by atoms with van der Waals surface area (Å²) in [5.41, 5.74) is 1.59. The van der Waals surface area contributed by atoms with E-state index in [0.717, 1.165) is 43.0 Å². The molecule has 14 heteroatoms. The molecule has 3 aromatic carbocycles. The number of fused-ring (bicyclic) bond motifs is 7. The lowest BCUT2D eigenvalue weighted by Crippen LogP contribution is -2.57. The number of hydrogen-bond acceptors (Lipinski definition) is 10. The van der Waals surface area contributed by atoms with Crippen molar-refractivity contribution in [3.63, 3.8) is 0 Å². The number of aryl methyl sites for hydroxylation is 1. The Morgan fingerprint density at radius 2 is 1.84 bits per heavy atom. The van der Waals surface area contributed by atoms with Gasteiger partial charge in [0.15, 0.2) is 6.79 Å². The molecule has 0 N–H and O–H groups in total. The number of alkyl halides is 1. The third kappa shape index (κ3) is 6.54. The van der Waals surface area contributed by atoms with Gasteiger partial charge >= 0.3 is 12.1 Å². The molecule has 4 saturated heterocycles. The zero-order chi connectivity index (χ0) is 39.8. The molecule has 4 atom stereocenters. The molecular weight excluding hydrogens is 733 g/mol. The Morgan fingerprint density at radius 3 is 2.58 bits per heavy atom. The van der Waals surface area contributed by atoms with E-state index in [9.17, 15) is 9.18 Å². The van der Waals surface area contributed by atoms with E-state index >= 15 is 4.39 Å². The minimum atomic E-state index is -0.906. The molecule has 0 radical (unpaired) electrons. The molecule has 6 heterocycles. The van der Waals surface area contributed by atoms with Gasteiger partial charge in [-0.3, -0.25) is 14.5 Å². The van der Waals surface area contributed by atoms with Crippen molar-refractivity contribution in [2.24, 2.45) is 7.05 Å². The lowest BCUT2D eigenvalue weighted by Gasteiger charge is -2.42. The highest BCUT2D eigenvalue weighted by molar-refractivity contribution is 6.18. The van der Waals surface area contributed by atoms with E-state index in [-0.39, 0.29) is 43.2 Å². The van der Waals surface area contributed by atoms with E-state index in [1.807, 2.05) is 57.1 Å². The van der Waals surface area contributed by atoms with Crippen LogP contribution in [0.5, 0.6) is 11.8 Å². The van der Waals surface area contributed by atoms with E-state index in [2.05, 4.69) is 15.7 Å². The molecule has 9 rings (SSSR count). The van der Waals surface area contributed by atoms with Crippen molar-refractivity contribution >= 4 is 44.5 Å². The second-order valence-electron chi connectivity index (χ2n) is 16.9. The van der Waals surface area contributed by atoms with Crippen LogP contribution in [0.3, 0.4) is 0 Å². The fourth-order valence-electron chi connectivity index (χ4n) is 9.70. The molecule has 12 nitrogen and oxygen atoms in total. The number of benzene rings is 3. The standard InChI is InChI=1S/C43H47F2N7O5/c1-7-30-34(45)12-9-25-15-29(56-24-54-6)16-31(36(25)30)32-17-35-37(33-22-49(5)48-38(32)33)39(47-40(46-35)55-23-43-13-8-14-51(43)19-26(44)18-43)50-20-27-10-11-28(21-50)52(27)41(53)57-42(2,3)4/h1,9,12,15-17,22,26-28H,8,10-11,13-14,18-21,23-24H2,2-6H3/t26-,27-,28+,43+/m1/s1. The Hall–Kier alpha value is -5.26. The maximum atomic E-state index is 15.4. The summed E-state index contributed by atoms with van der Waals surface area (Å²) in [5.74, 6) is 3.23. The molecular formula is C43H47F2N7O5. The summed E-state index contributed by atoms with van der Waals surface area (Å²) in [6, 6.07) is 8.61. The van der Waals surface area contributed by atoms with E-state index in [1.165, 1.54) is 6.07 Å². The molecule has 1 amide bonds. The molecule has 298 valence electrons. The Balaban J connectivity index is 1.22. The summed E-state index contributed by atoms with van der Waals surface area (Å²) in [5, 5.41) is 7.73. The quantitative estimate of drug-likeness (QED) is 0.121. The normalized spacial score (nSPS) is 23.4. The Morgan fingerprint density at radius 1 is 1.05 bits per heavy atom. The number of methoxy groups -OCH3 is 1. The lowest BCUT2D eigenvalue weighted by atomic mass is 9.92. The SMILES string of the molecule is C#Cc1c(F)ccc2cc(OCOC)cc(-c3cc4nc(OC[C@@]56CCCN5C[C@H](F)C6)nc(N5C[C@H]6CC[C@@H](C5)N6C(=O)OC(C)(C)C)c4c4cn(C)nc34)c12. The number of terminal acetylenes is 1. The van der Waals surface area contributed by atoms with Crippen molar-refractivity contribution in [1.82, 2.24) is 29.5 Å². The molecule has 57 heavy (non-hydrogen) atoms. The topological polar surface area (TPSA) is 107 Å². The predicted octanol–water partition coefficient (Wildman–Crippen LogP) is 6.98. The number of amides is 1. The molecule has 4 fully saturated rings. The van der Waals surface area contributed by atoms with Gasteiger partial charge in [0, 0.05) is 62.7 Å². The van der Waals surface area contributed by atoms with Crippen molar-refractivity contribution < 1.29 is 32.5 Å². The Kier molecular flexibility index (Phi) is 9.16. The molecule has 0 aliphatic carbocycles. The molecule has 2 aromatic heterocycles. The zero-order valence-corrected chi connectivity index (χ0v) is 33.0. The van der Waals surface area contributed by atoms with Gasteiger partial charge in [-0.1, -0.05) is 12.0 Å². The first-order valence-electron chi connectivity index (χ1n) is 19.7. The van der Waals surface area contributed by atoms with Gasteiger partial charge in [0.1, 0.15) is 41.3 Å². The van der Waals surface area contributed by atoms with Crippen LogP contribution < -0.4 is 14.4 Å². The predicted molar refractivity (Wildman–Crippen MR) is 213 cm³/mol. The van der Waals surface area contributed by atoms with Crippen LogP contribution in [0.25, 0.3) is 43.7 Å². The van der Waals surface area contributed by atoms with Crippen molar-refractivity contribution in [2.75, 3.05) is 51.6 Å². The second kappa shape index (κ2) is 14.0. The Bertz CT molecular complexity index is 2450. The van der Waals surface area contributed by atoms with E-state index in [1.54, 1.807) is 17.9 Å². The van der Waals surface area contributed by atoms with Gasteiger partial charge < -0.3 is 23.8 Å². The number of ether oxygens (including phenoxy) is 4. The van der Waals surface area contributed by atoms with Crippen molar-refractivity contribution in [3.05, 3.63) is 47.9 Å². The first-order chi connectivity index (χ1) is 27.3. The second-order valence-corrected chi connectivity index (χ2v) is 16.9. The molecule has 0 saturated carbocycles. The summed E-state index contributed by atoms with van der Waals surface area (Å²) < 4.78 is 55.5. The van der Waals surface area contributed by atoms with Gasteiger partial charge in [0.05, 0.1) is 34.1 Å². The van der Waals surface area contributed by atoms with Gasteiger partial charge in [-0.2, -0.15) is 15.1 Å². The summed E-state index contributed by atoms with van der Waals surface area (Å²) in [6.45, 7) is 8.20. The summed E-state index contributed by atoms with van der Waals surface area (Å²) >= 11 is 0. The summed E-state index contributed by atoms with van der Waals surface area (Å²) in [7, 11) is 3.39. The van der Waals surface area contributed by atoms with Crippen LogP contribution in [0.1, 0.15) is 58.4 Å². The number of hydrogen-bond donors (Lipinski definition) is 0. The molecule has 0 spiro atoms.